The average Bonchev–Trinajstić information content (AvgIpc) is 2.37. The van der Waals surface area contributed by atoms with Gasteiger partial charge >= 0.3 is 0 Å². The third-order valence-corrected chi connectivity index (χ3v) is 4.74. The van der Waals surface area contributed by atoms with E-state index in [2.05, 4.69) is 42.8 Å². The number of nitrogens with one attached hydrogen (secondary N) is 1. The molecule has 3 nitrogen and oxygen atoms in total. The van der Waals surface area contributed by atoms with Crippen LogP contribution in [0, 0.1) is 5.92 Å². The van der Waals surface area contributed by atoms with Gasteiger partial charge in [-0.25, -0.2) is 0 Å². The third-order valence-electron chi connectivity index (χ3n) is 4.74. The van der Waals surface area contributed by atoms with Crippen molar-refractivity contribution in [2.45, 2.75) is 65.1 Å². The number of rotatable bonds is 5. The van der Waals surface area contributed by atoms with Crippen LogP contribution in [-0.4, -0.2) is 60.6 Å². The van der Waals surface area contributed by atoms with E-state index in [4.69, 9.17) is 0 Å². The van der Waals surface area contributed by atoms with Gasteiger partial charge in [-0.05, 0) is 38.8 Å². The number of nitrogens with zero attached hydrogens (tertiary/aromatic N) is 2. The molecule has 2 aliphatic heterocycles. The van der Waals surface area contributed by atoms with Crippen molar-refractivity contribution in [2.24, 2.45) is 5.92 Å². The molecular formula is C16H33N3. The van der Waals surface area contributed by atoms with Crippen molar-refractivity contribution in [3.8, 4) is 0 Å². The maximum atomic E-state index is 3.57. The first-order valence-electron chi connectivity index (χ1n) is 8.27. The number of hydrogen-bond donors (Lipinski definition) is 1. The predicted molar refractivity (Wildman–Crippen MR) is 82.5 cm³/mol. The molecule has 3 heteroatoms. The molecule has 0 amide bonds. The summed E-state index contributed by atoms with van der Waals surface area (Å²) in [6, 6.07) is 2.18. The summed E-state index contributed by atoms with van der Waals surface area (Å²) in [5.74, 6) is 0.750. The molecule has 0 saturated carbocycles. The maximum Gasteiger partial charge on any atom is 0.0223 e. The van der Waals surface area contributed by atoms with Crippen LogP contribution in [0.1, 0.15) is 47.0 Å². The normalized spacial score (nSPS) is 31.4. The Balaban J connectivity index is 1.79. The Morgan fingerprint density at radius 1 is 1.16 bits per heavy atom. The molecule has 2 aliphatic rings. The predicted octanol–water partition coefficient (Wildman–Crippen LogP) is 2.18. The second kappa shape index (κ2) is 7.05. The molecule has 3 unspecified atom stereocenters. The van der Waals surface area contributed by atoms with Gasteiger partial charge in [-0.3, -0.25) is 9.80 Å². The molecule has 112 valence electrons. The number of hydrogen-bond acceptors (Lipinski definition) is 3. The largest absolute Gasteiger partial charge is 0.314 e. The highest BCUT2D eigenvalue weighted by atomic mass is 15.3. The summed E-state index contributed by atoms with van der Waals surface area (Å²) in [5.41, 5.74) is 0. The van der Waals surface area contributed by atoms with Crippen molar-refractivity contribution in [1.82, 2.24) is 15.1 Å². The molecular weight excluding hydrogens is 234 g/mol. The molecule has 0 spiro atoms. The molecule has 0 bridgehead atoms. The summed E-state index contributed by atoms with van der Waals surface area (Å²) >= 11 is 0. The molecule has 0 radical (unpaired) electrons. The molecule has 3 atom stereocenters. The van der Waals surface area contributed by atoms with E-state index in [1.807, 2.05) is 0 Å². The molecule has 0 aromatic heterocycles. The highest BCUT2D eigenvalue weighted by Crippen LogP contribution is 2.24. The minimum atomic E-state index is 0.607. The molecule has 2 heterocycles. The van der Waals surface area contributed by atoms with Crippen molar-refractivity contribution in [3.63, 3.8) is 0 Å². The second-order valence-corrected chi connectivity index (χ2v) is 7.12. The molecule has 2 fully saturated rings. The molecule has 1 N–H and O–H groups in total. The van der Waals surface area contributed by atoms with Crippen LogP contribution < -0.4 is 5.32 Å². The fourth-order valence-electron chi connectivity index (χ4n) is 3.57. The van der Waals surface area contributed by atoms with Crippen LogP contribution in [0.25, 0.3) is 0 Å². The highest BCUT2D eigenvalue weighted by Gasteiger charge is 2.33. The number of piperazine rings is 1. The molecule has 19 heavy (non-hydrogen) atoms. The first kappa shape index (κ1) is 15.3. The van der Waals surface area contributed by atoms with Gasteiger partial charge in [0, 0.05) is 37.8 Å². The van der Waals surface area contributed by atoms with Gasteiger partial charge in [0.05, 0.1) is 0 Å². The lowest BCUT2D eigenvalue weighted by molar-refractivity contribution is 0.00882. The van der Waals surface area contributed by atoms with E-state index in [-0.39, 0.29) is 0 Å². The van der Waals surface area contributed by atoms with Gasteiger partial charge in [0.15, 0.2) is 0 Å². The van der Waals surface area contributed by atoms with Crippen LogP contribution in [0.2, 0.25) is 0 Å². The monoisotopic (exact) mass is 267 g/mol. The lowest BCUT2D eigenvalue weighted by Crippen LogP contribution is -2.59. The minimum absolute atomic E-state index is 0.607. The van der Waals surface area contributed by atoms with Crippen LogP contribution in [0.15, 0.2) is 0 Å². The van der Waals surface area contributed by atoms with Crippen LogP contribution in [-0.2, 0) is 0 Å². The quantitative estimate of drug-likeness (QED) is 0.824. The van der Waals surface area contributed by atoms with Gasteiger partial charge in [-0.15, -0.1) is 0 Å². The summed E-state index contributed by atoms with van der Waals surface area (Å²) in [4.78, 5) is 5.47. The third kappa shape index (κ3) is 4.44. The highest BCUT2D eigenvalue weighted by molar-refractivity contribution is 4.89. The Bertz CT molecular complexity index is 267. The first-order valence-corrected chi connectivity index (χ1v) is 8.27. The Hall–Kier alpha value is -0.120. The van der Waals surface area contributed by atoms with Crippen molar-refractivity contribution in [3.05, 3.63) is 0 Å². The summed E-state index contributed by atoms with van der Waals surface area (Å²) < 4.78 is 0. The fourth-order valence-corrected chi connectivity index (χ4v) is 3.57. The maximum absolute atomic E-state index is 3.57. The van der Waals surface area contributed by atoms with Gasteiger partial charge in [-0.1, -0.05) is 27.2 Å². The van der Waals surface area contributed by atoms with Gasteiger partial charge in [0.2, 0.25) is 0 Å². The lowest BCUT2D eigenvalue weighted by Gasteiger charge is -2.48. The molecule has 0 aliphatic carbocycles. The van der Waals surface area contributed by atoms with E-state index < -0.39 is 0 Å². The van der Waals surface area contributed by atoms with E-state index in [9.17, 15) is 0 Å². The Kier molecular flexibility index (Phi) is 5.67. The number of piperidine rings is 1. The molecule has 2 saturated heterocycles. The lowest BCUT2D eigenvalue weighted by atomic mass is 9.96. The zero-order chi connectivity index (χ0) is 13.8. The van der Waals surface area contributed by atoms with E-state index >= 15 is 0 Å². The Morgan fingerprint density at radius 2 is 1.95 bits per heavy atom. The molecule has 0 aromatic rings. The van der Waals surface area contributed by atoms with Crippen LogP contribution in [0.5, 0.6) is 0 Å². The van der Waals surface area contributed by atoms with Crippen molar-refractivity contribution in [1.29, 1.82) is 0 Å². The fraction of sp³-hybridized carbons (Fsp3) is 1.00. The van der Waals surface area contributed by atoms with E-state index in [0.29, 0.717) is 6.04 Å². The van der Waals surface area contributed by atoms with E-state index in [1.165, 1.54) is 45.4 Å². The van der Waals surface area contributed by atoms with E-state index in [1.54, 1.807) is 0 Å². The van der Waals surface area contributed by atoms with Crippen molar-refractivity contribution < 1.29 is 0 Å². The summed E-state index contributed by atoms with van der Waals surface area (Å²) in [6.07, 6.45) is 4.27. The average molecular weight is 267 g/mol. The molecule has 2 rings (SSSR count). The van der Waals surface area contributed by atoms with E-state index in [0.717, 1.165) is 24.5 Å². The topological polar surface area (TPSA) is 18.5 Å². The molecule has 0 aromatic carbocycles. The van der Waals surface area contributed by atoms with Gasteiger partial charge in [-0.2, -0.15) is 0 Å². The van der Waals surface area contributed by atoms with Gasteiger partial charge in [0.1, 0.15) is 0 Å². The SMILES string of the molecule is CC(CNC(C)C)CN1CC2CCCCN2CC1C. The second-order valence-electron chi connectivity index (χ2n) is 7.12. The van der Waals surface area contributed by atoms with Crippen molar-refractivity contribution in [2.75, 3.05) is 32.7 Å². The zero-order valence-corrected chi connectivity index (χ0v) is 13.4. The van der Waals surface area contributed by atoms with Crippen LogP contribution in [0.3, 0.4) is 0 Å². The Labute approximate surface area is 119 Å². The zero-order valence-electron chi connectivity index (χ0n) is 13.4. The van der Waals surface area contributed by atoms with Crippen molar-refractivity contribution >= 4 is 0 Å². The minimum Gasteiger partial charge on any atom is -0.314 e. The summed E-state index contributed by atoms with van der Waals surface area (Å²) in [6.45, 7) is 15.6. The summed E-state index contributed by atoms with van der Waals surface area (Å²) in [7, 11) is 0. The first-order chi connectivity index (χ1) is 9.06. The summed E-state index contributed by atoms with van der Waals surface area (Å²) in [5, 5.41) is 3.57. The van der Waals surface area contributed by atoms with Gasteiger partial charge in [0.25, 0.3) is 0 Å². The van der Waals surface area contributed by atoms with Crippen LogP contribution >= 0.6 is 0 Å². The number of fused-ring (bicyclic) bond motifs is 1. The smallest absolute Gasteiger partial charge is 0.0223 e. The standard InChI is InChI=1S/C16H33N3/c1-13(2)17-9-14(3)10-19-12-16-7-5-6-8-18(16)11-15(19)4/h13-17H,5-12H2,1-4H3. The van der Waals surface area contributed by atoms with Gasteiger partial charge < -0.3 is 5.32 Å². The van der Waals surface area contributed by atoms with Crippen LogP contribution in [0.4, 0.5) is 0 Å². The Morgan fingerprint density at radius 3 is 2.68 bits per heavy atom.